The largest absolute Gasteiger partial charge is 0.461 e. The van der Waals surface area contributed by atoms with E-state index in [4.69, 9.17) is 26.4 Å². The zero-order valence-electron chi connectivity index (χ0n) is 13.1. The summed E-state index contributed by atoms with van der Waals surface area (Å²) in [5.41, 5.74) is 0.796. The third-order valence-electron chi connectivity index (χ3n) is 2.80. The molecule has 5 nitrogen and oxygen atoms in total. The number of benzene rings is 1. The molecule has 0 bridgehead atoms. The second kappa shape index (κ2) is 10.3. The van der Waals surface area contributed by atoms with Gasteiger partial charge in [-0.05, 0) is 12.5 Å². The Balaban J connectivity index is 2.51. The maximum atomic E-state index is 12.1. The van der Waals surface area contributed by atoms with Crippen molar-refractivity contribution in [3.8, 4) is 6.07 Å². The Morgan fingerprint density at radius 2 is 1.91 bits per heavy atom. The molecule has 0 spiro atoms. The summed E-state index contributed by atoms with van der Waals surface area (Å²) in [6.45, 7) is 2.74. The fourth-order valence-corrected chi connectivity index (χ4v) is 2.95. The van der Waals surface area contributed by atoms with Crippen molar-refractivity contribution in [2.24, 2.45) is 0 Å². The highest BCUT2D eigenvalue weighted by Crippen LogP contribution is 2.30. The predicted molar refractivity (Wildman–Crippen MR) is 93.4 cm³/mol. The van der Waals surface area contributed by atoms with Crippen LogP contribution in [-0.2, 0) is 19.0 Å². The van der Waals surface area contributed by atoms with E-state index in [1.165, 1.54) is 6.92 Å². The molecule has 1 aromatic carbocycles. The van der Waals surface area contributed by atoms with Gasteiger partial charge in [0.2, 0.25) is 4.75 Å². The van der Waals surface area contributed by atoms with Crippen molar-refractivity contribution >= 4 is 34.1 Å². The Bertz CT molecular complexity index is 559. The van der Waals surface area contributed by atoms with E-state index in [0.717, 1.165) is 17.3 Å². The molecule has 0 amide bonds. The number of hydrogen-bond acceptors (Lipinski definition) is 7. The molecule has 1 atom stereocenters. The van der Waals surface area contributed by atoms with Crippen molar-refractivity contribution in [1.29, 1.82) is 5.26 Å². The van der Waals surface area contributed by atoms with Crippen molar-refractivity contribution in [3.05, 3.63) is 35.9 Å². The normalized spacial score (nSPS) is 12.9. The molecule has 124 valence electrons. The second-order valence-electron chi connectivity index (χ2n) is 4.64. The maximum absolute atomic E-state index is 12.1. The summed E-state index contributed by atoms with van der Waals surface area (Å²) in [4.78, 5) is 12.1. The molecule has 23 heavy (non-hydrogen) atoms. The number of rotatable bonds is 9. The Hall–Kier alpha value is -1.46. The van der Waals surface area contributed by atoms with Gasteiger partial charge < -0.3 is 14.2 Å². The fourth-order valence-electron chi connectivity index (χ4n) is 1.50. The van der Waals surface area contributed by atoms with E-state index in [-0.39, 0.29) is 13.2 Å². The number of thioether (sulfide) groups is 1. The SMILES string of the molecule is COCCOCCOC(=O)C(C)(C#N)SC(=S)c1ccccc1. The molecule has 0 saturated heterocycles. The van der Waals surface area contributed by atoms with Crippen molar-refractivity contribution in [1.82, 2.24) is 0 Å². The molecule has 0 fully saturated rings. The van der Waals surface area contributed by atoms with E-state index in [9.17, 15) is 10.1 Å². The minimum Gasteiger partial charge on any atom is -0.461 e. The van der Waals surface area contributed by atoms with Crippen molar-refractivity contribution in [3.63, 3.8) is 0 Å². The van der Waals surface area contributed by atoms with E-state index in [1.54, 1.807) is 7.11 Å². The highest BCUT2D eigenvalue weighted by Gasteiger charge is 2.37. The van der Waals surface area contributed by atoms with Gasteiger partial charge in [-0.15, -0.1) is 0 Å². The standard InChI is InChI=1S/C16H19NO4S2/c1-16(12-17,15(18)21-11-10-20-9-8-19-2)23-14(22)13-6-4-3-5-7-13/h3-7H,8-11H2,1-2H3. The number of esters is 1. The molecular formula is C16H19NO4S2. The fraction of sp³-hybridized carbons (Fsp3) is 0.438. The van der Waals surface area contributed by atoms with Crippen LogP contribution in [0.3, 0.4) is 0 Å². The van der Waals surface area contributed by atoms with Crippen LogP contribution in [0.2, 0.25) is 0 Å². The predicted octanol–water partition coefficient (Wildman–Crippen LogP) is 2.58. The average molecular weight is 353 g/mol. The quantitative estimate of drug-likeness (QED) is 0.384. The van der Waals surface area contributed by atoms with Gasteiger partial charge in [0, 0.05) is 7.11 Å². The van der Waals surface area contributed by atoms with Gasteiger partial charge in [0.1, 0.15) is 6.61 Å². The second-order valence-corrected chi connectivity index (χ2v) is 6.74. The van der Waals surface area contributed by atoms with Gasteiger partial charge in [-0.25, -0.2) is 4.79 Å². The molecule has 7 heteroatoms. The highest BCUT2D eigenvalue weighted by molar-refractivity contribution is 8.25. The molecule has 0 aliphatic rings. The van der Waals surface area contributed by atoms with Crippen LogP contribution in [0.1, 0.15) is 12.5 Å². The minimum atomic E-state index is -1.39. The monoisotopic (exact) mass is 353 g/mol. The third-order valence-corrected chi connectivity index (χ3v) is 4.37. The zero-order valence-corrected chi connectivity index (χ0v) is 14.7. The summed E-state index contributed by atoms with van der Waals surface area (Å²) in [5.74, 6) is -0.626. The first-order chi connectivity index (χ1) is 11.0. The van der Waals surface area contributed by atoms with Gasteiger partial charge in [0.15, 0.2) is 0 Å². The van der Waals surface area contributed by atoms with Gasteiger partial charge >= 0.3 is 5.97 Å². The van der Waals surface area contributed by atoms with Gasteiger partial charge in [0.05, 0.1) is 30.1 Å². The van der Waals surface area contributed by atoms with Gasteiger partial charge in [-0.1, -0.05) is 54.3 Å². The van der Waals surface area contributed by atoms with E-state index in [2.05, 4.69) is 0 Å². The molecule has 0 aromatic heterocycles. The van der Waals surface area contributed by atoms with Crippen LogP contribution < -0.4 is 0 Å². The Labute approximate surface area is 145 Å². The maximum Gasteiger partial charge on any atom is 0.337 e. The van der Waals surface area contributed by atoms with E-state index < -0.39 is 10.7 Å². The lowest BCUT2D eigenvalue weighted by Gasteiger charge is -2.19. The molecule has 0 radical (unpaired) electrons. The van der Waals surface area contributed by atoms with E-state index in [0.29, 0.717) is 17.4 Å². The summed E-state index contributed by atoms with van der Waals surface area (Å²) in [6.07, 6.45) is 0. The zero-order chi connectivity index (χ0) is 17.1. The average Bonchev–Trinajstić information content (AvgIpc) is 2.58. The molecule has 1 aromatic rings. The summed E-state index contributed by atoms with van der Waals surface area (Å²) < 4.78 is 14.2. The molecule has 0 heterocycles. The van der Waals surface area contributed by atoms with E-state index in [1.807, 2.05) is 36.4 Å². The highest BCUT2D eigenvalue weighted by atomic mass is 32.2. The van der Waals surface area contributed by atoms with Crippen molar-refractivity contribution in [2.75, 3.05) is 33.5 Å². The summed E-state index contributed by atoms with van der Waals surface area (Å²) in [6, 6.07) is 11.2. The number of nitrogens with zero attached hydrogens (tertiary/aromatic N) is 1. The van der Waals surface area contributed by atoms with Crippen molar-refractivity contribution < 1.29 is 19.0 Å². The smallest absolute Gasteiger partial charge is 0.337 e. The Morgan fingerprint density at radius 3 is 2.52 bits per heavy atom. The molecule has 1 rings (SSSR count). The first kappa shape index (κ1) is 19.6. The van der Waals surface area contributed by atoms with Crippen LogP contribution in [0.4, 0.5) is 0 Å². The third kappa shape index (κ3) is 6.67. The van der Waals surface area contributed by atoms with E-state index >= 15 is 0 Å². The molecule has 0 aliphatic carbocycles. The Morgan fingerprint density at radius 1 is 1.26 bits per heavy atom. The first-order valence-corrected chi connectivity index (χ1v) is 8.19. The van der Waals surface area contributed by atoms with Crippen LogP contribution in [0.25, 0.3) is 0 Å². The molecular weight excluding hydrogens is 334 g/mol. The van der Waals surface area contributed by atoms with Crippen molar-refractivity contribution in [2.45, 2.75) is 11.7 Å². The number of nitriles is 1. The topological polar surface area (TPSA) is 68.6 Å². The van der Waals surface area contributed by atoms with Crippen LogP contribution in [0.15, 0.2) is 30.3 Å². The van der Waals surface area contributed by atoms with Crippen LogP contribution in [0, 0.1) is 11.3 Å². The molecule has 0 N–H and O–H groups in total. The van der Waals surface area contributed by atoms with Gasteiger partial charge in [-0.2, -0.15) is 5.26 Å². The minimum absolute atomic E-state index is 0.0818. The summed E-state index contributed by atoms with van der Waals surface area (Å²) in [7, 11) is 1.58. The molecule has 0 saturated carbocycles. The lowest BCUT2D eigenvalue weighted by molar-refractivity contribution is -0.146. The van der Waals surface area contributed by atoms with Gasteiger partial charge in [-0.3, -0.25) is 0 Å². The first-order valence-electron chi connectivity index (χ1n) is 6.97. The summed E-state index contributed by atoms with van der Waals surface area (Å²) >= 11 is 6.32. The van der Waals surface area contributed by atoms with Crippen LogP contribution >= 0.6 is 24.0 Å². The molecule has 1 unspecified atom stereocenters. The number of methoxy groups -OCH3 is 1. The number of ether oxygens (including phenoxy) is 3. The van der Waals surface area contributed by atoms with Crippen LogP contribution in [-0.4, -0.2) is 48.5 Å². The number of carbonyl (C=O) groups excluding carboxylic acids is 1. The number of hydrogen-bond donors (Lipinski definition) is 0. The lowest BCUT2D eigenvalue weighted by atomic mass is 10.2. The number of thiocarbonyl (C=S) groups is 1. The summed E-state index contributed by atoms with van der Waals surface area (Å²) in [5, 5.41) is 9.35. The lowest BCUT2D eigenvalue weighted by Crippen LogP contribution is -2.34. The molecule has 0 aliphatic heterocycles. The van der Waals surface area contributed by atoms with Crippen LogP contribution in [0.5, 0.6) is 0 Å². The van der Waals surface area contributed by atoms with Gasteiger partial charge in [0.25, 0.3) is 0 Å². The number of carbonyl (C=O) groups is 1. The Kier molecular flexibility index (Phi) is 8.81.